The van der Waals surface area contributed by atoms with Gasteiger partial charge in [-0.05, 0) is 43.9 Å². The third-order valence-electron chi connectivity index (χ3n) is 5.89. The standard InChI is InChI=1S/C18H32N2O3/c21-17(19-9-3-12-22-14-16-4-13-23-15-16)20-10-7-18(8-11-20)5-1-2-6-18/h16H,1-15H2,(H,19,21)/t16-/m0/s1. The quantitative estimate of drug-likeness (QED) is 0.764. The third-order valence-corrected chi connectivity index (χ3v) is 5.89. The van der Waals surface area contributed by atoms with Crippen molar-refractivity contribution in [3.63, 3.8) is 0 Å². The highest BCUT2D eigenvalue weighted by Crippen LogP contribution is 2.46. The number of urea groups is 1. The summed E-state index contributed by atoms with van der Waals surface area (Å²) >= 11 is 0. The van der Waals surface area contributed by atoms with Crippen LogP contribution in [0.15, 0.2) is 0 Å². The van der Waals surface area contributed by atoms with Crippen molar-refractivity contribution in [1.29, 1.82) is 0 Å². The number of hydrogen-bond donors (Lipinski definition) is 1. The first-order valence-electron chi connectivity index (χ1n) is 9.46. The van der Waals surface area contributed by atoms with E-state index in [1.165, 1.54) is 38.5 Å². The predicted molar refractivity (Wildman–Crippen MR) is 89.5 cm³/mol. The summed E-state index contributed by atoms with van der Waals surface area (Å²) in [6, 6.07) is 0.113. The van der Waals surface area contributed by atoms with E-state index in [0.29, 0.717) is 17.9 Å². The molecule has 2 saturated heterocycles. The Morgan fingerprint density at radius 3 is 2.70 bits per heavy atom. The molecule has 0 aromatic rings. The number of piperidine rings is 1. The van der Waals surface area contributed by atoms with Gasteiger partial charge in [0.2, 0.25) is 0 Å². The molecule has 1 spiro atoms. The summed E-state index contributed by atoms with van der Waals surface area (Å²) in [6.07, 6.45) is 9.94. The SMILES string of the molecule is O=C(NCCCOC[C@@H]1CCOC1)N1CCC2(CCCC2)CC1. The van der Waals surface area contributed by atoms with Gasteiger partial charge in [0.1, 0.15) is 0 Å². The molecule has 0 aromatic carbocycles. The Morgan fingerprint density at radius 1 is 1.22 bits per heavy atom. The maximum Gasteiger partial charge on any atom is 0.317 e. The Labute approximate surface area is 140 Å². The minimum Gasteiger partial charge on any atom is -0.381 e. The second-order valence-electron chi connectivity index (χ2n) is 7.58. The molecule has 3 aliphatic rings. The van der Waals surface area contributed by atoms with Gasteiger partial charge in [0.15, 0.2) is 0 Å². The molecule has 5 heteroatoms. The Bertz CT molecular complexity index is 366. The zero-order valence-electron chi connectivity index (χ0n) is 14.4. The van der Waals surface area contributed by atoms with Crippen LogP contribution in [-0.2, 0) is 9.47 Å². The van der Waals surface area contributed by atoms with E-state index >= 15 is 0 Å². The third kappa shape index (κ3) is 4.83. The fourth-order valence-electron chi connectivity index (χ4n) is 4.26. The van der Waals surface area contributed by atoms with Gasteiger partial charge >= 0.3 is 6.03 Å². The fraction of sp³-hybridized carbons (Fsp3) is 0.944. The van der Waals surface area contributed by atoms with Crippen LogP contribution < -0.4 is 5.32 Å². The van der Waals surface area contributed by atoms with Crippen LogP contribution in [0.4, 0.5) is 4.79 Å². The average Bonchev–Trinajstić information content (AvgIpc) is 3.24. The molecule has 0 radical (unpaired) electrons. The van der Waals surface area contributed by atoms with Gasteiger partial charge in [-0.25, -0.2) is 4.79 Å². The summed E-state index contributed by atoms with van der Waals surface area (Å²) in [5, 5.41) is 3.04. The van der Waals surface area contributed by atoms with Gasteiger partial charge in [0.05, 0.1) is 13.2 Å². The smallest absolute Gasteiger partial charge is 0.317 e. The lowest BCUT2D eigenvalue weighted by molar-refractivity contribution is 0.0877. The molecule has 0 bridgehead atoms. The van der Waals surface area contributed by atoms with Gasteiger partial charge in [-0.15, -0.1) is 0 Å². The minimum atomic E-state index is 0.113. The minimum absolute atomic E-state index is 0.113. The molecule has 3 fully saturated rings. The topological polar surface area (TPSA) is 50.8 Å². The highest BCUT2D eigenvalue weighted by Gasteiger charge is 2.37. The Morgan fingerprint density at radius 2 is 2.00 bits per heavy atom. The van der Waals surface area contributed by atoms with E-state index < -0.39 is 0 Å². The van der Waals surface area contributed by atoms with Gasteiger partial charge in [0.25, 0.3) is 0 Å². The molecule has 0 aromatic heterocycles. The van der Waals surface area contributed by atoms with Crippen LogP contribution in [-0.4, -0.2) is 57.0 Å². The normalized spacial score (nSPS) is 26.8. The van der Waals surface area contributed by atoms with Crippen LogP contribution >= 0.6 is 0 Å². The fourth-order valence-corrected chi connectivity index (χ4v) is 4.26. The molecule has 1 atom stereocenters. The zero-order valence-corrected chi connectivity index (χ0v) is 14.4. The van der Waals surface area contributed by atoms with Crippen LogP contribution in [0.1, 0.15) is 51.4 Å². The van der Waals surface area contributed by atoms with Crippen LogP contribution in [0, 0.1) is 11.3 Å². The van der Waals surface area contributed by atoms with E-state index in [1.54, 1.807) is 0 Å². The molecular formula is C18H32N2O3. The molecule has 2 heterocycles. The predicted octanol–water partition coefficient (Wildman–Crippen LogP) is 2.80. The van der Waals surface area contributed by atoms with Gasteiger partial charge in [-0.3, -0.25) is 0 Å². The van der Waals surface area contributed by atoms with Crippen LogP contribution in [0.2, 0.25) is 0 Å². The molecule has 0 unspecified atom stereocenters. The average molecular weight is 324 g/mol. The number of rotatable bonds is 6. The molecular weight excluding hydrogens is 292 g/mol. The van der Waals surface area contributed by atoms with E-state index in [4.69, 9.17) is 9.47 Å². The van der Waals surface area contributed by atoms with Gasteiger partial charge < -0.3 is 19.7 Å². The molecule has 132 valence electrons. The van der Waals surface area contributed by atoms with E-state index in [2.05, 4.69) is 5.32 Å². The van der Waals surface area contributed by atoms with E-state index in [-0.39, 0.29) is 6.03 Å². The maximum absolute atomic E-state index is 12.2. The molecule has 2 aliphatic heterocycles. The zero-order chi connectivity index (χ0) is 16.0. The molecule has 3 rings (SSSR count). The lowest BCUT2D eigenvalue weighted by atomic mass is 9.77. The highest BCUT2D eigenvalue weighted by atomic mass is 16.5. The van der Waals surface area contributed by atoms with Gasteiger partial charge in [0, 0.05) is 38.8 Å². The molecule has 5 nitrogen and oxygen atoms in total. The van der Waals surface area contributed by atoms with Crippen LogP contribution in [0.5, 0.6) is 0 Å². The van der Waals surface area contributed by atoms with Crippen molar-refractivity contribution in [2.75, 3.05) is 46.1 Å². The Hall–Kier alpha value is -0.810. The largest absolute Gasteiger partial charge is 0.381 e. The van der Waals surface area contributed by atoms with Crippen molar-refractivity contribution in [2.45, 2.75) is 51.4 Å². The van der Waals surface area contributed by atoms with Gasteiger partial charge in [-0.2, -0.15) is 0 Å². The summed E-state index contributed by atoms with van der Waals surface area (Å²) in [6.45, 7) is 5.81. The van der Waals surface area contributed by atoms with Crippen LogP contribution in [0.3, 0.4) is 0 Å². The van der Waals surface area contributed by atoms with Crippen molar-refractivity contribution < 1.29 is 14.3 Å². The second kappa shape index (κ2) is 8.34. The van der Waals surface area contributed by atoms with Crippen molar-refractivity contribution in [3.8, 4) is 0 Å². The summed E-state index contributed by atoms with van der Waals surface area (Å²) < 4.78 is 11.0. The van der Waals surface area contributed by atoms with Crippen molar-refractivity contribution in [2.24, 2.45) is 11.3 Å². The number of nitrogens with one attached hydrogen (secondary N) is 1. The number of likely N-dealkylation sites (tertiary alicyclic amines) is 1. The highest BCUT2D eigenvalue weighted by molar-refractivity contribution is 5.74. The Kier molecular flexibility index (Phi) is 6.17. The first-order valence-corrected chi connectivity index (χ1v) is 9.46. The van der Waals surface area contributed by atoms with E-state index in [9.17, 15) is 4.79 Å². The number of nitrogens with zero attached hydrogens (tertiary/aromatic N) is 1. The monoisotopic (exact) mass is 324 g/mol. The Balaban J connectivity index is 1.22. The maximum atomic E-state index is 12.2. The number of amides is 2. The number of carbonyl (C=O) groups excluding carboxylic acids is 1. The van der Waals surface area contributed by atoms with Gasteiger partial charge in [-0.1, -0.05) is 12.8 Å². The lowest BCUT2D eigenvalue weighted by Gasteiger charge is -2.39. The second-order valence-corrected chi connectivity index (χ2v) is 7.58. The first kappa shape index (κ1) is 17.0. The van der Waals surface area contributed by atoms with E-state index in [0.717, 1.165) is 52.4 Å². The van der Waals surface area contributed by atoms with Crippen LogP contribution in [0.25, 0.3) is 0 Å². The number of ether oxygens (including phenoxy) is 2. The number of carbonyl (C=O) groups is 1. The van der Waals surface area contributed by atoms with Crippen molar-refractivity contribution in [1.82, 2.24) is 10.2 Å². The molecule has 23 heavy (non-hydrogen) atoms. The summed E-state index contributed by atoms with van der Waals surface area (Å²) in [7, 11) is 0. The summed E-state index contributed by atoms with van der Waals surface area (Å²) in [4.78, 5) is 14.2. The summed E-state index contributed by atoms with van der Waals surface area (Å²) in [5.74, 6) is 0.570. The summed E-state index contributed by atoms with van der Waals surface area (Å²) in [5.41, 5.74) is 0.578. The number of hydrogen-bond acceptors (Lipinski definition) is 3. The lowest BCUT2D eigenvalue weighted by Crippen LogP contribution is -2.47. The molecule has 1 aliphatic carbocycles. The molecule has 1 saturated carbocycles. The molecule has 1 N–H and O–H groups in total. The molecule has 2 amide bonds. The van der Waals surface area contributed by atoms with E-state index in [1.807, 2.05) is 4.90 Å². The first-order chi connectivity index (χ1) is 11.3. The van der Waals surface area contributed by atoms with Crippen molar-refractivity contribution in [3.05, 3.63) is 0 Å². The van der Waals surface area contributed by atoms with Crippen molar-refractivity contribution >= 4 is 6.03 Å².